The molecule has 0 aliphatic heterocycles. The van der Waals surface area contributed by atoms with Crippen molar-refractivity contribution in [3.63, 3.8) is 0 Å². The van der Waals surface area contributed by atoms with Gasteiger partial charge in [0.05, 0.1) is 0 Å². The van der Waals surface area contributed by atoms with Gasteiger partial charge in [-0.1, -0.05) is 11.2 Å². The fraction of sp³-hybridized carbons (Fsp3) is 0.286. The van der Waals surface area contributed by atoms with Crippen molar-refractivity contribution in [2.45, 2.75) is 26.9 Å². The fourth-order valence-electron chi connectivity index (χ4n) is 1.60. The monoisotopic (exact) mass is 321 g/mol. The molecule has 22 heavy (non-hydrogen) atoms. The third-order valence-corrected chi connectivity index (χ3v) is 3.35. The van der Waals surface area contributed by atoms with Crippen LogP contribution in [-0.4, -0.2) is 22.0 Å². The quantitative estimate of drug-likeness (QED) is 0.670. The molecule has 116 valence electrons. The maximum atomic E-state index is 12.2. The lowest BCUT2D eigenvalue weighted by atomic mass is 10.3. The van der Waals surface area contributed by atoms with E-state index in [-0.39, 0.29) is 17.5 Å². The molecule has 1 atom stereocenters. The molecule has 1 N–H and O–H groups in total. The van der Waals surface area contributed by atoms with Crippen LogP contribution in [0.15, 0.2) is 27.7 Å². The molecular formula is C14H15N3O4S. The van der Waals surface area contributed by atoms with Gasteiger partial charge in [0.25, 0.3) is 5.89 Å². The van der Waals surface area contributed by atoms with Crippen molar-refractivity contribution in [1.29, 1.82) is 0 Å². The van der Waals surface area contributed by atoms with Crippen molar-refractivity contribution in [3.8, 4) is 0 Å². The Morgan fingerprint density at radius 2 is 2.27 bits per heavy atom. The molecule has 0 aliphatic carbocycles. The normalized spacial score (nSPS) is 12.8. The molecule has 2 heterocycles. The Bertz CT molecular complexity index is 691. The van der Waals surface area contributed by atoms with Gasteiger partial charge >= 0.3 is 5.97 Å². The van der Waals surface area contributed by atoms with Crippen LogP contribution in [0.5, 0.6) is 0 Å². The molecule has 2 rings (SSSR count). The van der Waals surface area contributed by atoms with Gasteiger partial charge in [0.15, 0.2) is 11.9 Å². The second-order valence-electron chi connectivity index (χ2n) is 4.48. The van der Waals surface area contributed by atoms with Gasteiger partial charge in [0, 0.05) is 11.8 Å². The maximum Gasteiger partial charge on any atom is 0.355 e. The minimum atomic E-state index is -0.714. The molecule has 0 fully saturated rings. The SMILES string of the molecule is CC(=O)N/C(=C/c1cccs1)C(=O)OC(C)c1nc(C)no1. The van der Waals surface area contributed by atoms with Gasteiger partial charge in [0.1, 0.15) is 5.70 Å². The summed E-state index contributed by atoms with van der Waals surface area (Å²) in [6.07, 6.45) is 0.842. The number of hydrogen-bond donors (Lipinski definition) is 1. The van der Waals surface area contributed by atoms with E-state index in [1.54, 1.807) is 19.9 Å². The van der Waals surface area contributed by atoms with Crippen LogP contribution in [0.4, 0.5) is 0 Å². The molecule has 0 aromatic carbocycles. The van der Waals surface area contributed by atoms with Crippen LogP contribution < -0.4 is 5.32 Å². The zero-order valence-corrected chi connectivity index (χ0v) is 13.1. The number of amides is 1. The minimum absolute atomic E-state index is 0.0537. The first kappa shape index (κ1) is 15.9. The molecule has 2 aromatic heterocycles. The number of ether oxygens (including phenoxy) is 1. The Morgan fingerprint density at radius 1 is 1.50 bits per heavy atom. The van der Waals surface area contributed by atoms with Crippen LogP contribution in [0.3, 0.4) is 0 Å². The van der Waals surface area contributed by atoms with Crippen molar-refractivity contribution < 1.29 is 18.8 Å². The molecule has 8 heteroatoms. The highest BCUT2D eigenvalue weighted by Crippen LogP contribution is 2.18. The molecule has 7 nitrogen and oxygen atoms in total. The minimum Gasteiger partial charge on any atom is -0.448 e. The van der Waals surface area contributed by atoms with Crippen molar-refractivity contribution in [2.24, 2.45) is 0 Å². The largest absolute Gasteiger partial charge is 0.448 e. The second kappa shape index (κ2) is 6.99. The lowest BCUT2D eigenvalue weighted by Crippen LogP contribution is -2.26. The molecule has 2 aromatic rings. The van der Waals surface area contributed by atoms with Crippen LogP contribution in [-0.2, 0) is 14.3 Å². The number of carbonyl (C=O) groups is 2. The summed E-state index contributed by atoms with van der Waals surface area (Å²) in [6.45, 7) is 4.60. The zero-order valence-electron chi connectivity index (χ0n) is 12.3. The molecule has 0 bridgehead atoms. The standard InChI is InChI=1S/C14H15N3O4S/c1-8(13-15-9(2)17-21-13)20-14(19)12(16-10(3)18)7-11-5-4-6-22-11/h4-8H,1-3H3,(H,16,18)/b12-7+. The summed E-state index contributed by atoms with van der Waals surface area (Å²) in [7, 11) is 0. The topological polar surface area (TPSA) is 94.3 Å². The third kappa shape index (κ3) is 4.26. The van der Waals surface area contributed by atoms with Crippen molar-refractivity contribution in [1.82, 2.24) is 15.5 Å². The van der Waals surface area contributed by atoms with Gasteiger partial charge < -0.3 is 14.6 Å². The first-order valence-electron chi connectivity index (χ1n) is 6.49. The number of rotatable bonds is 5. The highest BCUT2D eigenvalue weighted by Gasteiger charge is 2.21. The predicted molar refractivity (Wildman–Crippen MR) is 79.7 cm³/mol. The second-order valence-corrected chi connectivity index (χ2v) is 5.46. The number of aryl methyl sites for hydroxylation is 1. The predicted octanol–water partition coefficient (Wildman–Crippen LogP) is 2.22. The van der Waals surface area contributed by atoms with E-state index in [9.17, 15) is 9.59 Å². The zero-order chi connectivity index (χ0) is 16.1. The number of nitrogens with zero attached hydrogens (tertiary/aromatic N) is 2. The summed E-state index contributed by atoms with van der Waals surface area (Å²) in [4.78, 5) is 28.3. The van der Waals surface area contributed by atoms with Crippen LogP contribution >= 0.6 is 11.3 Å². The first-order valence-corrected chi connectivity index (χ1v) is 7.37. The average Bonchev–Trinajstić information content (AvgIpc) is 3.08. The van der Waals surface area contributed by atoms with E-state index < -0.39 is 12.1 Å². The lowest BCUT2D eigenvalue weighted by Gasteiger charge is -2.11. The van der Waals surface area contributed by atoms with Crippen LogP contribution in [0.1, 0.15) is 36.5 Å². The van der Waals surface area contributed by atoms with Crippen LogP contribution in [0.2, 0.25) is 0 Å². The average molecular weight is 321 g/mol. The number of nitrogens with one attached hydrogen (secondary N) is 1. The molecule has 0 aliphatic rings. The molecule has 1 amide bonds. The Balaban J connectivity index is 2.13. The van der Waals surface area contributed by atoms with Crippen molar-refractivity contribution >= 4 is 29.3 Å². The smallest absolute Gasteiger partial charge is 0.355 e. The summed E-state index contributed by atoms with van der Waals surface area (Å²) in [5, 5.41) is 7.97. The molecule has 0 saturated heterocycles. The van der Waals surface area contributed by atoms with Gasteiger partial charge in [-0.3, -0.25) is 4.79 Å². The Labute approximate surface area is 131 Å². The first-order chi connectivity index (χ1) is 10.5. The molecule has 0 radical (unpaired) electrons. The van der Waals surface area contributed by atoms with E-state index in [1.165, 1.54) is 18.3 Å². The molecular weight excluding hydrogens is 306 g/mol. The summed E-state index contributed by atoms with van der Waals surface area (Å²) < 4.78 is 10.2. The van der Waals surface area contributed by atoms with E-state index in [4.69, 9.17) is 9.26 Å². The highest BCUT2D eigenvalue weighted by atomic mass is 32.1. The van der Waals surface area contributed by atoms with E-state index in [0.717, 1.165) is 4.88 Å². The number of carbonyl (C=O) groups excluding carboxylic acids is 2. The Hall–Kier alpha value is -2.48. The summed E-state index contributed by atoms with van der Waals surface area (Å²) in [5.74, 6) is -0.383. The summed E-state index contributed by atoms with van der Waals surface area (Å²) >= 11 is 1.44. The number of aromatic nitrogens is 2. The van der Waals surface area contributed by atoms with Gasteiger partial charge in [0.2, 0.25) is 5.91 Å². The Kier molecular flexibility index (Phi) is 5.05. The van der Waals surface area contributed by atoms with Crippen molar-refractivity contribution in [2.75, 3.05) is 0 Å². The van der Waals surface area contributed by atoms with E-state index in [1.807, 2.05) is 17.5 Å². The number of esters is 1. The lowest BCUT2D eigenvalue weighted by molar-refractivity contribution is -0.146. The molecule has 0 saturated carbocycles. The highest BCUT2D eigenvalue weighted by molar-refractivity contribution is 7.10. The fourth-order valence-corrected chi connectivity index (χ4v) is 2.26. The number of hydrogen-bond acceptors (Lipinski definition) is 7. The Morgan fingerprint density at radius 3 is 2.82 bits per heavy atom. The molecule has 0 spiro atoms. The number of thiophene rings is 1. The van der Waals surface area contributed by atoms with Gasteiger partial charge in [-0.25, -0.2) is 4.79 Å². The summed E-state index contributed by atoms with van der Waals surface area (Å²) in [6, 6.07) is 3.67. The summed E-state index contributed by atoms with van der Waals surface area (Å²) in [5.41, 5.74) is 0.0537. The van der Waals surface area contributed by atoms with Crippen LogP contribution in [0.25, 0.3) is 6.08 Å². The van der Waals surface area contributed by atoms with Crippen LogP contribution in [0, 0.1) is 6.92 Å². The third-order valence-electron chi connectivity index (χ3n) is 2.54. The van der Waals surface area contributed by atoms with Gasteiger partial charge in [-0.15, -0.1) is 11.3 Å². The van der Waals surface area contributed by atoms with E-state index in [0.29, 0.717) is 5.82 Å². The van der Waals surface area contributed by atoms with E-state index in [2.05, 4.69) is 15.5 Å². The van der Waals surface area contributed by atoms with Crippen molar-refractivity contribution in [3.05, 3.63) is 39.8 Å². The molecule has 1 unspecified atom stereocenters. The maximum absolute atomic E-state index is 12.2. The van der Waals surface area contributed by atoms with Gasteiger partial charge in [-0.2, -0.15) is 4.98 Å². The van der Waals surface area contributed by atoms with Gasteiger partial charge in [-0.05, 0) is 31.4 Å². The van der Waals surface area contributed by atoms with E-state index >= 15 is 0 Å².